The number of amides is 1. The summed E-state index contributed by atoms with van der Waals surface area (Å²) in [6.45, 7) is 2.17. The molecule has 0 unspecified atom stereocenters. The number of hydrogen-bond acceptors (Lipinski definition) is 2. The number of carbonyl (C=O) groups excluding carboxylic acids is 1. The Labute approximate surface area is 106 Å². The Hall–Kier alpha value is -1.86. The van der Waals surface area contributed by atoms with Crippen molar-refractivity contribution >= 4 is 5.91 Å². The highest BCUT2D eigenvalue weighted by molar-refractivity contribution is 5.97. The fraction of sp³-hybridized carbons (Fsp3) is 0.357. The molecule has 3 N–H and O–H groups in total. The molecule has 1 saturated carbocycles. The van der Waals surface area contributed by atoms with Crippen LogP contribution >= 0.6 is 0 Å². The Bertz CT molecular complexity index is 538. The van der Waals surface area contributed by atoms with Crippen molar-refractivity contribution in [3.8, 4) is 11.8 Å². The summed E-state index contributed by atoms with van der Waals surface area (Å²) in [6.07, 6.45) is 1.91. The van der Waals surface area contributed by atoms with Gasteiger partial charge >= 0.3 is 0 Å². The van der Waals surface area contributed by atoms with Gasteiger partial charge in [-0.15, -0.1) is 0 Å². The molecule has 1 aliphatic carbocycles. The van der Waals surface area contributed by atoms with Gasteiger partial charge in [0.1, 0.15) is 5.82 Å². The average molecular weight is 246 g/mol. The molecular weight excluding hydrogens is 231 g/mol. The molecule has 1 aromatic rings. The van der Waals surface area contributed by atoms with E-state index in [1.807, 2.05) is 6.92 Å². The maximum Gasteiger partial charge on any atom is 0.253 e. The summed E-state index contributed by atoms with van der Waals surface area (Å²) in [5, 5.41) is 2.89. The van der Waals surface area contributed by atoms with Crippen LogP contribution in [0.15, 0.2) is 18.2 Å². The summed E-state index contributed by atoms with van der Waals surface area (Å²) < 4.78 is 13.2. The SMILES string of the molecule is CC1(NC(=O)c2cc(F)ccc2C#CCN)CC1. The quantitative estimate of drug-likeness (QED) is 0.775. The third-order valence-electron chi connectivity index (χ3n) is 2.97. The number of benzene rings is 1. The lowest BCUT2D eigenvalue weighted by Crippen LogP contribution is -2.34. The molecule has 1 amide bonds. The Morgan fingerprint density at radius 2 is 2.28 bits per heavy atom. The van der Waals surface area contributed by atoms with Gasteiger partial charge in [0.25, 0.3) is 5.91 Å². The molecule has 94 valence electrons. The van der Waals surface area contributed by atoms with Crippen molar-refractivity contribution in [1.82, 2.24) is 5.32 Å². The zero-order valence-corrected chi connectivity index (χ0v) is 10.2. The summed E-state index contributed by atoms with van der Waals surface area (Å²) >= 11 is 0. The molecule has 0 radical (unpaired) electrons. The number of carbonyl (C=O) groups is 1. The van der Waals surface area contributed by atoms with E-state index in [-0.39, 0.29) is 23.6 Å². The summed E-state index contributed by atoms with van der Waals surface area (Å²) in [6, 6.07) is 4.00. The van der Waals surface area contributed by atoms with E-state index >= 15 is 0 Å². The van der Waals surface area contributed by atoms with E-state index in [2.05, 4.69) is 17.2 Å². The first-order valence-electron chi connectivity index (χ1n) is 5.85. The number of nitrogens with two attached hydrogens (primary N) is 1. The van der Waals surface area contributed by atoms with E-state index in [0.29, 0.717) is 5.56 Å². The molecule has 1 fully saturated rings. The molecule has 1 aromatic carbocycles. The molecule has 0 heterocycles. The number of halogens is 1. The third kappa shape index (κ3) is 2.88. The van der Waals surface area contributed by atoms with E-state index < -0.39 is 5.82 Å². The first-order chi connectivity index (χ1) is 8.54. The lowest BCUT2D eigenvalue weighted by molar-refractivity contribution is 0.0935. The molecule has 18 heavy (non-hydrogen) atoms. The van der Waals surface area contributed by atoms with Crippen LogP contribution in [0.25, 0.3) is 0 Å². The molecule has 1 aliphatic rings. The minimum absolute atomic E-state index is 0.137. The standard InChI is InChI=1S/C14H15FN2O/c1-14(6-7-14)17-13(18)12-9-11(15)5-4-10(12)3-2-8-16/h4-5,9H,6-8,16H2,1H3,(H,17,18). The molecule has 0 aliphatic heterocycles. The molecule has 0 spiro atoms. The van der Waals surface area contributed by atoms with Gasteiger partial charge in [-0.3, -0.25) is 4.79 Å². The van der Waals surface area contributed by atoms with E-state index in [1.54, 1.807) is 0 Å². The first kappa shape index (κ1) is 12.6. The fourth-order valence-corrected chi connectivity index (χ4v) is 1.61. The first-order valence-corrected chi connectivity index (χ1v) is 5.85. The fourth-order valence-electron chi connectivity index (χ4n) is 1.61. The van der Waals surface area contributed by atoms with Crippen molar-refractivity contribution in [2.75, 3.05) is 6.54 Å². The van der Waals surface area contributed by atoms with Gasteiger partial charge in [-0.1, -0.05) is 11.8 Å². The van der Waals surface area contributed by atoms with Crippen LogP contribution in [-0.4, -0.2) is 18.0 Å². The van der Waals surface area contributed by atoms with Gasteiger partial charge < -0.3 is 11.1 Å². The van der Waals surface area contributed by atoms with Crippen LogP contribution in [0.1, 0.15) is 35.7 Å². The van der Waals surface area contributed by atoms with Gasteiger partial charge in [0.05, 0.1) is 12.1 Å². The molecule has 4 heteroatoms. The van der Waals surface area contributed by atoms with Crippen LogP contribution in [0.3, 0.4) is 0 Å². The van der Waals surface area contributed by atoms with E-state index in [4.69, 9.17) is 5.73 Å². The number of hydrogen-bond donors (Lipinski definition) is 2. The van der Waals surface area contributed by atoms with Crippen LogP contribution < -0.4 is 11.1 Å². The smallest absolute Gasteiger partial charge is 0.253 e. The summed E-state index contributed by atoms with van der Waals surface area (Å²) in [7, 11) is 0. The average Bonchev–Trinajstić information content (AvgIpc) is 3.05. The lowest BCUT2D eigenvalue weighted by atomic mass is 10.1. The highest BCUT2D eigenvalue weighted by Gasteiger charge is 2.39. The largest absolute Gasteiger partial charge is 0.347 e. The van der Waals surface area contributed by atoms with Crippen molar-refractivity contribution in [1.29, 1.82) is 0 Å². The zero-order valence-electron chi connectivity index (χ0n) is 10.2. The van der Waals surface area contributed by atoms with Gasteiger partial charge in [0.15, 0.2) is 0 Å². The highest BCUT2D eigenvalue weighted by Crippen LogP contribution is 2.34. The minimum atomic E-state index is -0.445. The predicted octanol–water partition coefficient (Wildman–Crippen LogP) is 1.42. The minimum Gasteiger partial charge on any atom is -0.347 e. The predicted molar refractivity (Wildman–Crippen MR) is 67.4 cm³/mol. The normalized spacial score (nSPS) is 15.5. The Balaban J connectivity index is 2.29. The Morgan fingerprint density at radius 1 is 1.56 bits per heavy atom. The molecule has 3 nitrogen and oxygen atoms in total. The maximum atomic E-state index is 13.2. The molecule has 0 bridgehead atoms. The van der Waals surface area contributed by atoms with Gasteiger partial charge in [0.2, 0.25) is 0 Å². The lowest BCUT2D eigenvalue weighted by Gasteiger charge is -2.12. The van der Waals surface area contributed by atoms with E-state index in [9.17, 15) is 9.18 Å². The van der Waals surface area contributed by atoms with Crippen molar-refractivity contribution in [2.45, 2.75) is 25.3 Å². The summed E-state index contributed by atoms with van der Waals surface area (Å²) in [4.78, 5) is 12.1. The Kier molecular flexibility index (Phi) is 3.35. The van der Waals surface area contributed by atoms with Gasteiger partial charge in [-0.25, -0.2) is 4.39 Å². The van der Waals surface area contributed by atoms with Gasteiger partial charge in [-0.05, 0) is 38.0 Å². The maximum absolute atomic E-state index is 13.2. The van der Waals surface area contributed by atoms with Crippen LogP contribution in [0.2, 0.25) is 0 Å². The Morgan fingerprint density at radius 3 is 2.89 bits per heavy atom. The van der Waals surface area contributed by atoms with Crippen molar-refractivity contribution < 1.29 is 9.18 Å². The molecule has 0 atom stereocenters. The number of nitrogens with one attached hydrogen (secondary N) is 1. The molecule has 0 saturated heterocycles. The second-order valence-corrected chi connectivity index (χ2v) is 4.71. The van der Waals surface area contributed by atoms with Crippen molar-refractivity contribution in [2.24, 2.45) is 5.73 Å². The van der Waals surface area contributed by atoms with Crippen molar-refractivity contribution in [3.05, 3.63) is 35.1 Å². The van der Waals surface area contributed by atoms with Gasteiger partial charge in [-0.2, -0.15) is 0 Å². The summed E-state index contributed by atoms with van der Waals surface area (Å²) in [5.41, 5.74) is 5.93. The number of rotatable bonds is 2. The second-order valence-electron chi connectivity index (χ2n) is 4.71. The topological polar surface area (TPSA) is 55.1 Å². The van der Waals surface area contributed by atoms with Gasteiger partial charge in [0, 0.05) is 11.1 Å². The van der Waals surface area contributed by atoms with Crippen LogP contribution in [-0.2, 0) is 0 Å². The van der Waals surface area contributed by atoms with Crippen LogP contribution in [0, 0.1) is 17.7 Å². The zero-order chi connectivity index (χ0) is 13.2. The summed E-state index contributed by atoms with van der Waals surface area (Å²) in [5.74, 6) is 4.73. The highest BCUT2D eigenvalue weighted by atomic mass is 19.1. The van der Waals surface area contributed by atoms with Crippen molar-refractivity contribution in [3.63, 3.8) is 0 Å². The van der Waals surface area contributed by atoms with E-state index in [1.165, 1.54) is 18.2 Å². The molecule has 2 rings (SSSR count). The molecule has 0 aromatic heterocycles. The second kappa shape index (κ2) is 4.79. The van der Waals surface area contributed by atoms with Crippen LogP contribution in [0.5, 0.6) is 0 Å². The monoisotopic (exact) mass is 246 g/mol. The van der Waals surface area contributed by atoms with Crippen LogP contribution in [0.4, 0.5) is 4.39 Å². The van der Waals surface area contributed by atoms with E-state index in [0.717, 1.165) is 12.8 Å². The third-order valence-corrected chi connectivity index (χ3v) is 2.97. The molecular formula is C14H15FN2O.